The number of benzene rings is 1. The van der Waals surface area contributed by atoms with E-state index in [-0.39, 0.29) is 24.0 Å². The summed E-state index contributed by atoms with van der Waals surface area (Å²) in [6.07, 6.45) is 2.69. The summed E-state index contributed by atoms with van der Waals surface area (Å²) >= 11 is 0. The number of aliphatic imine (C=N–C) groups is 1. The number of para-hydroxylation sites is 1. The first-order valence-corrected chi connectivity index (χ1v) is 9.06. The fourth-order valence-corrected chi connectivity index (χ4v) is 2.92. The zero-order valence-electron chi connectivity index (χ0n) is 15.9. The van der Waals surface area contributed by atoms with Crippen LogP contribution in [0.4, 0.5) is 0 Å². The van der Waals surface area contributed by atoms with Gasteiger partial charge < -0.3 is 15.4 Å². The number of guanidine groups is 1. The molecule has 1 saturated carbocycles. The molecule has 0 spiro atoms. The minimum atomic E-state index is 0. The van der Waals surface area contributed by atoms with E-state index < -0.39 is 0 Å². The largest absolute Gasteiger partial charge is 0.494 e. The quantitative estimate of drug-likeness (QED) is 0.338. The maximum atomic E-state index is 5.67. The average molecular weight is 460 g/mol. The van der Waals surface area contributed by atoms with E-state index in [0.29, 0.717) is 19.2 Å². The molecule has 2 N–H and O–H groups in total. The number of nitrogens with one attached hydrogen (secondary N) is 2. The lowest BCUT2D eigenvalue weighted by atomic mass is 10.2. The first kappa shape index (κ1) is 22.0. The van der Waals surface area contributed by atoms with Gasteiger partial charge in [0, 0.05) is 44.3 Å². The summed E-state index contributed by atoms with van der Waals surface area (Å²) in [6.45, 7) is 9.89. The summed E-state index contributed by atoms with van der Waals surface area (Å²) in [5.74, 6) is 1.77. The van der Waals surface area contributed by atoms with Crippen molar-refractivity contribution in [3.05, 3.63) is 29.8 Å². The van der Waals surface area contributed by atoms with Gasteiger partial charge in [-0.3, -0.25) is 9.89 Å². The fraction of sp³-hybridized carbons (Fsp3) is 0.632. The lowest BCUT2D eigenvalue weighted by Crippen LogP contribution is -2.43. The zero-order chi connectivity index (χ0) is 17.4. The molecule has 2 rings (SSSR count). The SMILES string of the molecule is CCOc1ccccc1CNC(=NC)NCCN(C(C)C)C1CC1.I. The molecule has 6 heteroatoms. The van der Waals surface area contributed by atoms with Gasteiger partial charge in [-0.15, -0.1) is 24.0 Å². The van der Waals surface area contributed by atoms with Crippen LogP contribution >= 0.6 is 24.0 Å². The number of halogens is 1. The monoisotopic (exact) mass is 460 g/mol. The van der Waals surface area contributed by atoms with Crippen LogP contribution in [0.25, 0.3) is 0 Å². The van der Waals surface area contributed by atoms with Gasteiger partial charge in [0.05, 0.1) is 6.61 Å². The highest BCUT2D eigenvalue weighted by Gasteiger charge is 2.30. The number of ether oxygens (including phenoxy) is 1. The number of hydrogen-bond donors (Lipinski definition) is 2. The molecule has 0 unspecified atom stereocenters. The van der Waals surface area contributed by atoms with Gasteiger partial charge in [-0.05, 0) is 39.7 Å². The van der Waals surface area contributed by atoms with E-state index >= 15 is 0 Å². The van der Waals surface area contributed by atoms with Crippen molar-refractivity contribution in [2.75, 3.05) is 26.7 Å². The van der Waals surface area contributed by atoms with E-state index in [2.05, 4.69) is 40.4 Å². The van der Waals surface area contributed by atoms with Crippen molar-refractivity contribution in [3.63, 3.8) is 0 Å². The summed E-state index contributed by atoms with van der Waals surface area (Å²) in [4.78, 5) is 6.89. The predicted octanol–water partition coefficient (Wildman–Crippen LogP) is 3.24. The summed E-state index contributed by atoms with van der Waals surface area (Å²) in [5.41, 5.74) is 1.14. The standard InChI is InChI=1S/C19H32N4O.HI/c1-5-24-18-9-7-6-8-16(18)14-22-19(20-4)21-12-13-23(15(2)3)17-10-11-17;/h6-9,15,17H,5,10-14H2,1-4H3,(H2,20,21,22);1H. The van der Waals surface area contributed by atoms with Crippen molar-refractivity contribution in [1.29, 1.82) is 0 Å². The molecule has 0 bridgehead atoms. The number of hydrogen-bond acceptors (Lipinski definition) is 3. The molecule has 0 saturated heterocycles. The molecule has 25 heavy (non-hydrogen) atoms. The van der Waals surface area contributed by atoms with Crippen LogP contribution < -0.4 is 15.4 Å². The van der Waals surface area contributed by atoms with Crippen molar-refractivity contribution >= 4 is 29.9 Å². The topological polar surface area (TPSA) is 48.9 Å². The molecular formula is C19H33IN4O. The van der Waals surface area contributed by atoms with Crippen LogP contribution in [-0.4, -0.2) is 49.7 Å². The Morgan fingerprint density at radius 3 is 2.60 bits per heavy atom. The van der Waals surface area contributed by atoms with Crippen LogP contribution in [0.5, 0.6) is 5.75 Å². The van der Waals surface area contributed by atoms with Gasteiger partial charge >= 0.3 is 0 Å². The molecular weight excluding hydrogens is 427 g/mol. The molecule has 0 radical (unpaired) electrons. The van der Waals surface area contributed by atoms with Crippen molar-refractivity contribution in [3.8, 4) is 5.75 Å². The number of nitrogens with zero attached hydrogens (tertiary/aromatic N) is 2. The zero-order valence-corrected chi connectivity index (χ0v) is 18.2. The van der Waals surface area contributed by atoms with Crippen molar-refractivity contribution in [2.24, 2.45) is 4.99 Å². The molecule has 0 aromatic heterocycles. The molecule has 142 valence electrons. The third-order valence-corrected chi connectivity index (χ3v) is 4.28. The average Bonchev–Trinajstić information content (AvgIpc) is 3.40. The highest BCUT2D eigenvalue weighted by Crippen LogP contribution is 2.27. The predicted molar refractivity (Wildman–Crippen MR) is 116 cm³/mol. The van der Waals surface area contributed by atoms with Gasteiger partial charge in [-0.1, -0.05) is 18.2 Å². The van der Waals surface area contributed by atoms with Crippen molar-refractivity contribution in [1.82, 2.24) is 15.5 Å². The molecule has 5 nitrogen and oxygen atoms in total. The highest BCUT2D eigenvalue weighted by molar-refractivity contribution is 14.0. The second-order valence-electron chi connectivity index (χ2n) is 6.46. The van der Waals surface area contributed by atoms with Crippen LogP contribution in [0.3, 0.4) is 0 Å². The van der Waals surface area contributed by atoms with E-state index in [4.69, 9.17) is 4.74 Å². The first-order chi connectivity index (χ1) is 11.7. The minimum Gasteiger partial charge on any atom is -0.494 e. The maximum Gasteiger partial charge on any atom is 0.191 e. The molecule has 0 atom stereocenters. The third-order valence-electron chi connectivity index (χ3n) is 4.28. The van der Waals surface area contributed by atoms with E-state index in [0.717, 1.165) is 36.4 Å². The van der Waals surface area contributed by atoms with E-state index in [1.165, 1.54) is 12.8 Å². The molecule has 0 heterocycles. The Hall–Kier alpha value is -1.02. The second-order valence-corrected chi connectivity index (χ2v) is 6.46. The Bertz CT molecular complexity index is 530. The highest BCUT2D eigenvalue weighted by atomic mass is 127. The maximum absolute atomic E-state index is 5.67. The lowest BCUT2D eigenvalue weighted by molar-refractivity contribution is 0.215. The fourth-order valence-electron chi connectivity index (χ4n) is 2.92. The van der Waals surface area contributed by atoms with Gasteiger partial charge in [0.15, 0.2) is 5.96 Å². The van der Waals surface area contributed by atoms with Crippen LogP contribution in [0, 0.1) is 0 Å². The second kappa shape index (κ2) is 11.6. The minimum absolute atomic E-state index is 0. The van der Waals surface area contributed by atoms with Crippen LogP contribution in [-0.2, 0) is 6.54 Å². The molecule has 1 aromatic carbocycles. The van der Waals surface area contributed by atoms with Gasteiger partial charge in [0.25, 0.3) is 0 Å². The van der Waals surface area contributed by atoms with Gasteiger partial charge in [-0.2, -0.15) is 0 Å². The van der Waals surface area contributed by atoms with E-state index in [1.54, 1.807) is 0 Å². The van der Waals surface area contributed by atoms with Crippen LogP contribution in [0.1, 0.15) is 39.2 Å². The van der Waals surface area contributed by atoms with E-state index in [1.807, 2.05) is 32.2 Å². The Kier molecular flexibility index (Phi) is 10.2. The van der Waals surface area contributed by atoms with E-state index in [9.17, 15) is 0 Å². The molecule has 0 amide bonds. The smallest absolute Gasteiger partial charge is 0.191 e. The first-order valence-electron chi connectivity index (χ1n) is 9.06. The Morgan fingerprint density at radius 2 is 2.00 bits per heavy atom. The number of rotatable bonds is 9. The van der Waals surface area contributed by atoms with Gasteiger partial charge in [0.2, 0.25) is 0 Å². The lowest BCUT2D eigenvalue weighted by Gasteiger charge is -2.26. The molecule has 1 aliphatic carbocycles. The molecule has 1 aromatic rings. The van der Waals surface area contributed by atoms with Crippen molar-refractivity contribution < 1.29 is 4.74 Å². The Balaban J connectivity index is 0.00000312. The summed E-state index contributed by atoms with van der Waals surface area (Å²) in [6, 6.07) is 9.52. The summed E-state index contributed by atoms with van der Waals surface area (Å²) < 4.78 is 5.67. The van der Waals surface area contributed by atoms with Gasteiger partial charge in [0.1, 0.15) is 5.75 Å². The van der Waals surface area contributed by atoms with Crippen molar-refractivity contribution in [2.45, 2.75) is 52.2 Å². The molecule has 0 aliphatic heterocycles. The van der Waals surface area contributed by atoms with Gasteiger partial charge in [-0.25, -0.2) is 0 Å². The summed E-state index contributed by atoms with van der Waals surface area (Å²) in [7, 11) is 1.81. The molecule has 1 fully saturated rings. The molecule has 1 aliphatic rings. The van der Waals surface area contributed by atoms with Crippen LogP contribution in [0.15, 0.2) is 29.3 Å². The normalized spacial score (nSPS) is 14.4. The summed E-state index contributed by atoms with van der Waals surface area (Å²) in [5, 5.41) is 6.79. The Labute approximate surface area is 169 Å². The van der Waals surface area contributed by atoms with Crippen LogP contribution in [0.2, 0.25) is 0 Å². The Morgan fingerprint density at radius 1 is 1.28 bits per heavy atom. The third kappa shape index (κ3) is 7.40.